The first kappa shape index (κ1) is 26.4. The van der Waals surface area contributed by atoms with Gasteiger partial charge in [-0.1, -0.05) is 47.0 Å². The molecule has 3 rings (SSSR count). The number of halogens is 1. The number of nitrogens with one attached hydrogen (secondary N) is 2. The van der Waals surface area contributed by atoms with Crippen LogP contribution in [-0.2, 0) is 10.0 Å². The van der Waals surface area contributed by atoms with Crippen molar-refractivity contribution in [2.45, 2.75) is 68.7 Å². The smallest absolute Gasteiger partial charge is 0.315 e. The molecule has 5 radical (unpaired) electrons. The average Bonchev–Trinajstić information content (AvgIpc) is 3.12. The number of carbonyl (C=O) groups excluding carboxylic acids is 1. The van der Waals surface area contributed by atoms with E-state index in [9.17, 15) is 17.6 Å². The number of rotatable bonds is 5. The molecule has 8 heteroatoms. The molecule has 1 aliphatic heterocycles. The molecular weight excluding hydrogens is 405 g/mol. The predicted molar refractivity (Wildman–Crippen MR) is 116 cm³/mol. The third-order valence-electron chi connectivity index (χ3n) is 5.49. The topological polar surface area (TPSA) is 78.5 Å². The molecule has 1 saturated carbocycles. The molecule has 1 unspecified atom stereocenters. The maximum atomic E-state index is 13.1. The first-order chi connectivity index (χ1) is 13.5. The van der Waals surface area contributed by atoms with Gasteiger partial charge in [-0.3, -0.25) is 0 Å². The molecule has 1 heterocycles. The Labute approximate surface area is 181 Å². The average molecular weight is 439 g/mol. The summed E-state index contributed by atoms with van der Waals surface area (Å²) in [5, 5.41) is 5.79. The monoisotopic (exact) mass is 438 g/mol. The van der Waals surface area contributed by atoms with Gasteiger partial charge in [-0.15, -0.1) is 0 Å². The van der Waals surface area contributed by atoms with Gasteiger partial charge < -0.3 is 10.6 Å². The van der Waals surface area contributed by atoms with Crippen LogP contribution in [0.2, 0.25) is 0 Å². The highest BCUT2D eigenvalue weighted by atomic mass is 32.2. The van der Waals surface area contributed by atoms with Crippen LogP contribution in [0.25, 0.3) is 0 Å². The van der Waals surface area contributed by atoms with Crippen LogP contribution >= 0.6 is 0 Å². The summed E-state index contributed by atoms with van der Waals surface area (Å²) in [6.45, 7) is 0.671. The molecule has 1 saturated heterocycles. The zero-order valence-corrected chi connectivity index (χ0v) is 18.4. The van der Waals surface area contributed by atoms with E-state index in [2.05, 4.69) is 10.6 Å². The van der Waals surface area contributed by atoms with Crippen molar-refractivity contribution in [2.75, 3.05) is 13.1 Å². The Morgan fingerprint density at radius 1 is 1.00 bits per heavy atom. The fourth-order valence-electron chi connectivity index (χ4n) is 3.94. The lowest BCUT2D eigenvalue weighted by Gasteiger charge is -2.25. The molecular formula is C22H33FN3O3S. The zero-order valence-electron chi connectivity index (χ0n) is 17.5. The van der Waals surface area contributed by atoms with E-state index in [4.69, 9.17) is 0 Å². The Hall–Kier alpha value is -1.67. The van der Waals surface area contributed by atoms with Crippen molar-refractivity contribution in [1.82, 2.24) is 14.9 Å². The van der Waals surface area contributed by atoms with Gasteiger partial charge in [0.1, 0.15) is 5.82 Å². The Kier molecular flexibility index (Phi) is 10.8. The second kappa shape index (κ2) is 12.2. The van der Waals surface area contributed by atoms with Crippen LogP contribution in [0, 0.1) is 26.7 Å². The summed E-state index contributed by atoms with van der Waals surface area (Å²) in [6.07, 6.45) is 9.13. The van der Waals surface area contributed by atoms with Crippen molar-refractivity contribution in [3.8, 4) is 0 Å². The molecule has 2 amide bonds. The lowest BCUT2D eigenvalue weighted by atomic mass is 9.97. The van der Waals surface area contributed by atoms with E-state index in [1.165, 1.54) is 35.7 Å². The van der Waals surface area contributed by atoms with E-state index in [0.717, 1.165) is 50.3 Å². The SMILES string of the molecule is O=C(NCC1CCCN1S(=O)(=O)c1ccc(F)cc1)N[C]1CCCCCCC1.[CH2].[CH2]. The Bertz CT molecular complexity index is 747. The second-order valence-electron chi connectivity index (χ2n) is 7.57. The van der Waals surface area contributed by atoms with Crippen molar-refractivity contribution < 1.29 is 17.6 Å². The van der Waals surface area contributed by atoms with E-state index in [1.54, 1.807) is 0 Å². The number of amides is 2. The van der Waals surface area contributed by atoms with Gasteiger partial charge in [-0.25, -0.2) is 17.6 Å². The number of hydrogen-bond donors (Lipinski definition) is 2. The Morgan fingerprint density at radius 3 is 2.23 bits per heavy atom. The van der Waals surface area contributed by atoms with Gasteiger partial charge in [-0.2, -0.15) is 4.31 Å². The lowest BCUT2D eigenvalue weighted by molar-refractivity contribution is 0.237. The first-order valence-electron chi connectivity index (χ1n) is 10.1. The Morgan fingerprint density at radius 2 is 1.60 bits per heavy atom. The predicted octanol–water partition coefficient (Wildman–Crippen LogP) is 4.21. The summed E-state index contributed by atoms with van der Waals surface area (Å²) in [5.41, 5.74) is 0. The quantitative estimate of drug-likeness (QED) is 0.723. The maximum absolute atomic E-state index is 13.1. The fourth-order valence-corrected chi connectivity index (χ4v) is 5.64. The van der Waals surface area contributed by atoms with Gasteiger partial charge in [0.15, 0.2) is 0 Å². The molecule has 2 aliphatic rings. The van der Waals surface area contributed by atoms with Crippen molar-refractivity contribution in [3.05, 3.63) is 51.0 Å². The molecule has 167 valence electrons. The molecule has 1 aliphatic carbocycles. The summed E-state index contributed by atoms with van der Waals surface area (Å²) in [6, 6.07) is 5.38. The van der Waals surface area contributed by atoms with Crippen LogP contribution in [0.4, 0.5) is 9.18 Å². The van der Waals surface area contributed by atoms with Gasteiger partial charge in [-0.05, 0) is 49.9 Å². The highest BCUT2D eigenvalue weighted by Gasteiger charge is 2.35. The van der Waals surface area contributed by atoms with E-state index in [0.29, 0.717) is 13.0 Å². The van der Waals surface area contributed by atoms with Crippen molar-refractivity contribution in [3.63, 3.8) is 0 Å². The first-order valence-corrected chi connectivity index (χ1v) is 11.6. The minimum absolute atomic E-state index is 0. The molecule has 1 aromatic rings. The van der Waals surface area contributed by atoms with Gasteiger partial charge in [0.2, 0.25) is 10.0 Å². The van der Waals surface area contributed by atoms with Crippen LogP contribution in [0.1, 0.15) is 57.8 Å². The number of sulfonamides is 1. The molecule has 1 aromatic carbocycles. The maximum Gasteiger partial charge on any atom is 0.315 e. The number of carbonyl (C=O) groups is 1. The second-order valence-corrected chi connectivity index (χ2v) is 9.46. The van der Waals surface area contributed by atoms with E-state index >= 15 is 0 Å². The fraction of sp³-hybridized carbons (Fsp3) is 0.545. The summed E-state index contributed by atoms with van der Waals surface area (Å²) >= 11 is 0. The minimum atomic E-state index is -3.70. The van der Waals surface area contributed by atoms with Crippen LogP contribution in [0.5, 0.6) is 0 Å². The van der Waals surface area contributed by atoms with E-state index in [1.807, 2.05) is 0 Å². The van der Waals surface area contributed by atoms with Gasteiger partial charge in [0.25, 0.3) is 0 Å². The van der Waals surface area contributed by atoms with Gasteiger partial charge in [0.05, 0.1) is 10.9 Å². The number of nitrogens with zero attached hydrogens (tertiary/aromatic N) is 1. The molecule has 30 heavy (non-hydrogen) atoms. The van der Waals surface area contributed by atoms with Crippen molar-refractivity contribution >= 4 is 16.1 Å². The summed E-state index contributed by atoms with van der Waals surface area (Å²) in [5.74, 6) is -0.470. The number of urea groups is 1. The molecule has 0 spiro atoms. The molecule has 1 atom stereocenters. The molecule has 2 N–H and O–H groups in total. The Balaban J connectivity index is 0.00000225. The molecule has 0 bridgehead atoms. The largest absolute Gasteiger partial charge is 0.337 e. The lowest BCUT2D eigenvalue weighted by Crippen LogP contribution is -2.46. The van der Waals surface area contributed by atoms with E-state index < -0.39 is 15.8 Å². The van der Waals surface area contributed by atoms with Crippen molar-refractivity contribution in [2.24, 2.45) is 0 Å². The summed E-state index contributed by atoms with van der Waals surface area (Å²) in [4.78, 5) is 12.4. The highest BCUT2D eigenvalue weighted by molar-refractivity contribution is 7.89. The van der Waals surface area contributed by atoms with Crippen LogP contribution in [0.3, 0.4) is 0 Å². The zero-order chi connectivity index (χ0) is 20.0. The minimum Gasteiger partial charge on any atom is -0.337 e. The van der Waals surface area contributed by atoms with Crippen molar-refractivity contribution in [1.29, 1.82) is 0 Å². The normalized spacial score (nSPS) is 20.9. The summed E-state index contributed by atoms with van der Waals surface area (Å²) in [7, 11) is -3.70. The molecule has 2 fully saturated rings. The molecule has 0 aromatic heterocycles. The highest BCUT2D eigenvalue weighted by Crippen LogP contribution is 2.26. The van der Waals surface area contributed by atoms with Gasteiger partial charge in [0, 0.05) is 19.1 Å². The standard InChI is InChI=1S/C20H29FN3O3S.2CH2/c21-16-10-12-19(13-11-16)28(26,27)24-14-6-9-18(24)15-22-20(25)23-17-7-4-2-1-3-5-8-17;;/h10-13,18H,1-9,14-15H2,(H2,22,23,25);2*1H2. The molecule has 6 nitrogen and oxygen atoms in total. The summed E-state index contributed by atoms with van der Waals surface area (Å²) < 4.78 is 40.3. The third kappa shape index (κ3) is 6.94. The van der Waals surface area contributed by atoms with Crippen LogP contribution < -0.4 is 10.6 Å². The third-order valence-corrected chi connectivity index (χ3v) is 7.46. The van der Waals surface area contributed by atoms with E-state index in [-0.39, 0.29) is 38.4 Å². The number of benzene rings is 1. The number of hydrogen-bond acceptors (Lipinski definition) is 3. The van der Waals surface area contributed by atoms with Crippen LogP contribution in [-0.4, -0.2) is 37.9 Å². The van der Waals surface area contributed by atoms with Gasteiger partial charge >= 0.3 is 6.03 Å². The van der Waals surface area contributed by atoms with Crippen LogP contribution in [0.15, 0.2) is 29.2 Å².